The Morgan fingerprint density at radius 2 is 1.26 bits per heavy atom. The number of anilines is 1. The maximum atomic E-state index is 3.96. The van der Waals surface area contributed by atoms with E-state index in [1.807, 2.05) is 23.1 Å². The molecule has 10 rings (SSSR count). The van der Waals surface area contributed by atoms with E-state index in [4.69, 9.17) is 0 Å². The SMILES string of the molecule is c1ccc2c(c1)ccc1c2c2ccccc2n1-c1ccc(C2Nc3c(ccc4sc5ccccc5c34)S2)c2ccccc12. The summed E-state index contributed by atoms with van der Waals surface area (Å²) in [6.07, 6.45) is 0. The highest BCUT2D eigenvalue weighted by Crippen LogP contribution is 2.53. The molecule has 0 radical (unpaired) electrons. The van der Waals surface area contributed by atoms with Crippen LogP contribution in [0, 0.1) is 0 Å². The lowest BCUT2D eigenvalue weighted by Gasteiger charge is -2.18. The summed E-state index contributed by atoms with van der Waals surface area (Å²) in [7, 11) is 0. The van der Waals surface area contributed by atoms with Crippen LogP contribution in [-0.4, -0.2) is 4.57 Å². The maximum absolute atomic E-state index is 3.96. The van der Waals surface area contributed by atoms with Crippen molar-refractivity contribution in [1.82, 2.24) is 4.57 Å². The zero-order chi connectivity index (χ0) is 28.1. The van der Waals surface area contributed by atoms with Gasteiger partial charge in [-0.2, -0.15) is 0 Å². The third-order valence-electron chi connectivity index (χ3n) is 9.05. The van der Waals surface area contributed by atoms with Crippen molar-refractivity contribution in [2.75, 3.05) is 5.32 Å². The molecule has 3 heterocycles. The number of thiophene rings is 1. The molecule has 1 aliphatic rings. The van der Waals surface area contributed by atoms with E-state index in [0.717, 1.165) is 0 Å². The molecule has 7 aromatic carbocycles. The molecule has 1 aliphatic heterocycles. The highest BCUT2D eigenvalue weighted by atomic mass is 32.2. The lowest BCUT2D eigenvalue weighted by atomic mass is 10.0. The van der Waals surface area contributed by atoms with Crippen LogP contribution < -0.4 is 5.32 Å². The van der Waals surface area contributed by atoms with E-state index in [-0.39, 0.29) is 5.37 Å². The van der Waals surface area contributed by atoms with Gasteiger partial charge in [0.25, 0.3) is 0 Å². The van der Waals surface area contributed by atoms with Crippen molar-refractivity contribution in [1.29, 1.82) is 0 Å². The van der Waals surface area contributed by atoms with Gasteiger partial charge in [-0.15, -0.1) is 11.3 Å². The topological polar surface area (TPSA) is 17.0 Å². The van der Waals surface area contributed by atoms with Gasteiger partial charge in [0.1, 0.15) is 5.37 Å². The first-order valence-electron chi connectivity index (χ1n) is 14.6. The third kappa shape index (κ3) is 3.31. The highest BCUT2D eigenvalue weighted by molar-refractivity contribution is 8.00. The number of nitrogens with zero attached hydrogens (tertiary/aromatic N) is 1. The van der Waals surface area contributed by atoms with Gasteiger partial charge in [0, 0.05) is 41.2 Å². The number of aromatic nitrogens is 1. The van der Waals surface area contributed by atoms with Crippen molar-refractivity contribution in [2.45, 2.75) is 10.3 Å². The minimum atomic E-state index is 0.139. The standard InChI is InChI=1S/C39H24N2S2/c1-2-10-24-23(9-1)17-19-32-36(24)28-13-5-7-15-30(28)41(32)31-20-18-27(25-11-3-4-12-26(25)31)39-40-38-35(43-39)22-21-34-37(38)29-14-6-8-16-33(29)42-34/h1-22,39-40H. The fourth-order valence-electron chi connectivity index (χ4n) is 7.20. The summed E-state index contributed by atoms with van der Waals surface area (Å²) >= 11 is 3.81. The first-order chi connectivity index (χ1) is 21.3. The molecule has 0 spiro atoms. The average molecular weight is 585 g/mol. The fourth-order valence-corrected chi connectivity index (χ4v) is 9.50. The van der Waals surface area contributed by atoms with E-state index in [1.165, 1.54) is 85.4 Å². The molecule has 1 N–H and O–H groups in total. The second-order valence-electron chi connectivity index (χ2n) is 11.3. The van der Waals surface area contributed by atoms with Crippen LogP contribution in [0.1, 0.15) is 10.9 Å². The maximum Gasteiger partial charge on any atom is 0.103 e. The molecule has 0 amide bonds. The summed E-state index contributed by atoms with van der Waals surface area (Å²) in [5, 5.41) is 14.5. The van der Waals surface area contributed by atoms with Gasteiger partial charge in [0.05, 0.1) is 22.4 Å². The Morgan fingerprint density at radius 1 is 0.512 bits per heavy atom. The number of hydrogen-bond acceptors (Lipinski definition) is 3. The summed E-state index contributed by atoms with van der Waals surface area (Å²) in [5.41, 5.74) is 6.28. The summed E-state index contributed by atoms with van der Waals surface area (Å²) < 4.78 is 5.15. The number of fused-ring (bicyclic) bond motifs is 11. The Kier molecular flexibility index (Phi) is 4.90. The lowest BCUT2D eigenvalue weighted by Crippen LogP contribution is -2.04. The van der Waals surface area contributed by atoms with Crippen LogP contribution in [0.2, 0.25) is 0 Å². The van der Waals surface area contributed by atoms with Crippen LogP contribution >= 0.6 is 23.1 Å². The van der Waals surface area contributed by atoms with Crippen molar-refractivity contribution in [2.24, 2.45) is 0 Å². The molecule has 0 saturated heterocycles. The molecule has 2 nitrogen and oxygen atoms in total. The Labute approximate surface area is 256 Å². The van der Waals surface area contributed by atoms with Crippen LogP contribution in [0.5, 0.6) is 0 Å². The fraction of sp³-hybridized carbons (Fsp3) is 0.0256. The van der Waals surface area contributed by atoms with Crippen LogP contribution in [0.15, 0.2) is 138 Å². The van der Waals surface area contributed by atoms with Gasteiger partial charge >= 0.3 is 0 Å². The molecular formula is C39H24N2S2. The van der Waals surface area contributed by atoms with Crippen molar-refractivity contribution in [3.8, 4) is 5.69 Å². The predicted molar refractivity (Wildman–Crippen MR) is 187 cm³/mol. The van der Waals surface area contributed by atoms with Gasteiger partial charge in [-0.25, -0.2) is 0 Å². The zero-order valence-electron chi connectivity index (χ0n) is 23.0. The van der Waals surface area contributed by atoms with E-state index < -0.39 is 0 Å². The molecule has 43 heavy (non-hydrogen) atoms. The van der Waals surface area contributed by atoms with Crippen molar-refractivity contribution in [3.63, 3.8) is 0 Å². The quantitative estimate of drug-likeness (QED) is 0.218. The van der Waals surface area contributed by atoms with Gasteiger partial charge in [-0.1, -0.05) is 109 Å². The monoisotopic (exact) mass is 584 g/mol. The largest absolute Gasteiger partial charge is 0.368 e. The van der Waals surface area contributed by atoms with E-state index in [1.54, 1.807) is 0 Å². The minimum absolute atomic E-state index is 0.139. The lowest BCUT2D eigenvalue weighted by molar-refractivity contribution is 1.14. The predicted octanol–water partition coefficient (Wildman–Crippen LogP) is 11.7. The molecule has 1 unspecified atom stereocenters. The first-order valence-corrected chi connectivity index (χ1v) is 16.3. The molecule has 9 aromatic rings. The molecule has 0 bridgehead atoms. The van der Waals surface area contributed by atoms with Crippen LogP contribution in [0.3, 0.4) is 0 Å². The second-order valence-corrected chi connectivity index (χ2v) is 13.5. The Balaban J connectivity index is 1.18. The van der Waals surface area contributed by atoms with Gasteiger partial charge in [0.15, 0.2) is 0 Å². The number of thioether (sulfide) groups is 1. The smallest absolute Gasteiger partial charge is 0.103 e. The van der Waals surface area contributed by atoms with Gasteiger partial charge in [-0.3, -0.25) is 0 Å². The van der Waals surface area contributed by atoms with Gasteiger partial charge in [-0.05, 0) is 58.1 Å². The van der Waals surface area contributed by atoms with E-state index >= 15 is 0 Å². The van der Waals surface area contributed by atoms with E-state index in [9.17, 15) is 0 Å². The first kappa shape index (κ1) is 23.8. The minimum Gasteiger partial charge on any atom is -0.368 e. The summed E-state index contributed by atoms with van der Waals surface area (Å²) in [5.74, 6) is 0. The Bertz CT molecular complexity index is 2590. The molecule has 2 aromatic heterocycles. The molecule has 1 atom stereocenters. The van der Waals surface area contributed by atoms with Crippen molar-refractivity contribution in [3.05, 3.63) is 139 Å². The second kappa shape index (κ2) is 8.87. The normalized spacial score (nSPS) is 14.8. The Hall–Kier alpha value is -4.77. The molecule has 0 saturated carbocycles. The summed E-state index contributed by atoms with van der Waals surface area (Å²) in [6, 6.07) is 49.1. The van der Waals surface area contributed by atoms with Gasteiger partial charge < -0.3 is 9.88 Å². The number of benzene rings is 7. The molecule has 4 heteroatoms. The highest BCUT2D eigenvalue weighted by Gasteiger charge is 2.28. The van der Waals surface area contributed by atoms with E-state index in [0.29, 0.717) is 0 Å². The number of para-hydroxylation sites is 1. The summed E-state index contributed by atoms with van der Waals surface area (Å²) in [6.45, 7) is 0. The summed E-state index contributed by atoms with van der Waals surface area (Å²) in [4.78, 5) is 1.32. The third-order valence-corrected chi connectivity index (χ3v) is 11.4. The van der Waals surface area contributed by atoms with E-state index in [2.05, 4.69) is 143 Å². The Morgan fingerprint density at radius 3 is 2.16 bits per heavy atom. The van der Waals surface area contributed by atoms with Crippen LogP contribution in [0.4, 0.5) is 5.69 Å². The number of hydrogen-bond donors (Lipinski definition) is 1. The molecule has 202 valence electrons. The zero-order valence-corrected chi connectivity index (χ0v) is 24.7. The number of rotatable bonds is 2. The molecule has 0 fully saturated rings. The van der Waals surface area contributed by atoms with Crippen LogP contribution in [0.25, 0.3) is 69.2 Å². The number of nitrogens with one attached hydrogen (secondary N) is 1. The van der Waals surface area contributed by atoms with Crippen molar-refractivity contribution < 1.29 is 0 Å². The molecule has 0 aliphatic carbocycles. The van der Waals surface area contributed by atoms with Crippen molar-refractivity contribution >= 4 is 92.3 Å². The molecular weight excluding hydrogens is 561 g/mol. The van der Waals surface area contributed by atoms with Gasteiger partial charge in [0.2, 0.25) is 0 Å². The van der Waals surface area contributed by atoms with Crippen LogP contribution in [-0.2, 0) is 0 Å². The average Bonchev–Trinajstić information content (AvgIpc) is 3.76.